The van der Waals surface area contributed by atoms with Crippen molar-refractivity contribution >= 4 is 22.8 Å². The van der Waals surface area contributed by atoms with E-state index in [1.807, 2.05) is 0 Å². The van der Waals surface area contributed by atoms with E-state index in [4.69, 9.17) is 5.73 Å². The first kappa shape index (κ1) is 12.8. The van der Waals surface area contributed by atoms with Gasteiger partial charge in [-0.05, 0) is 31.0 Å². The molecule has 0 saturated heterocycles. The van der Waals surface area contributed by atoms with Crippen LogP contribution in [0.3, 0.4) is 0 Å². The molecule has 1 aliphatic carbocycles. The van der Waals surface area contributed by atoms with Gasteiger partial charge in [0.05, 0.1) is 11.0 Å². The summed E-state index contributed by atoms with van der Waals surface area (Å²) in [5, 5.41) is 2.94. The maximum atomic E-state index is 12.3. The quantitative estimate of drug-likeness (QED) is 0.692. The Morgan fingerprint density at radius 3 is 2.80 bits per heavy atom. The number of aromatic nitrogens is 2. The Labute approximate surface area is 116 Å². The first-order valence-electron chi connectivity index (χ1n) is 6.96. The predicted octanol–water partition coefficient (Wildman–Crippen LogP) is 1.80. The molecule has 0 aliphatic heterocycles. The summed E-state index contributed by atoms with van der Waals surface area (Å²) in [4.78, 5) is 26.9. The van der Waals surface area contributed by atoms with E-state index in [1.54, 1.807) is 18.2 Å². The SMILES string of the molecule is Nc1ccc2c(c1)[nH]c(=O)n2C(=O)NC1CCCCC1. The minimum absolute atomic E-state index is 0.168. The minimum Gasteiger partial charge on any atom is -0.399 e. The van der Waals surface area contributed by atoms with E-state index in [1.165, 1.54) is 6.42 Å². The van der Waals surface area contributed by atoms with Gasteiger partial charge in [0.1, 0.15) is 0 Å². The topological polar surface area (TPSA) is 92.9 Å². The largest absolute Gasteiger partial charge is 0.399 e. The number of benzene rings is 1. The molecule has 20 heavy (non-hydrogen) atoms. The lowest BCUT2D eigenvalue weighted by Gasteiger charge is -2.22. The maximum absolute atomic E-state index is 12.3. The highest BCUT2D eigenvalue weighted by Crippen LogP contribution is 2.18. The van der Waals surface area contributed by atoms with Crippen molar-refractivity contribution in [2.75, 3.05) is 5.73 Å². The number of hydrogen-bond acceptors (Lipinski definition) is 3. The number of nitrogens with zero attached hydrogens (tertiary/aromatic N) is 1. The summed E-state index contributed by atoms with van der Waals surface area (Å²) in [6, 6.07) is 4.82. The van der Waals surface area contributed by atoms with Gasteiger partial charge in [-0.2, -0.15) is 0 Å². The second-order valence-corrected chi connectivity index (χ2v) is 5.33. The number of rotatable bonds is 1. The zero-order valence-corrected chi connectivity index (χ0v) is 11.2. The maximum Gasteiger partial charge on any atom is 0.334 e. The van der Waals surface area contributed by atoms with E-state index in [9.17, 15) is 9.59 Å². The van der Waals surface area contributed by atoms with Crippen LogP contribution in [0, 0.1) is 0 Å². The molecule has 1 aliphatic rings. The summed E-state index contributed by atoms with van der Waals surface area (Å²) in [6.45, 7) is 0. The van der Waals surface area contributed by atoms with Crippen molar-refractivity contribution in [3.05, 3.63) is 28.7 Å². The van der Waals surface area contributed by atoms with Crippen molar-refractivity contribution in [3.8, 4) is 0 Å². The third-order valence-corrected chi connectivity index (χ3v) is 3.84. The van der Waals surface area contributed by atoms with Crippen LogP contribution in [-0.2, 0) is 0 Å². The Balaban J connectivity index is 1.90. The number of carbonyl (C=O) groups is 1. The second-order valence-electron chi connectivity index (χ2n) is 5.33. The Morgan fingerprint density at radius 1 is 1.30 bits per heavy atom. The molecule has 1 amide bonds. The van der Waals surface area contributed by atoms with Crippen LogP contribution >= 0.6 is 0 Å². The van der Waals surface area contributed by atoms with Crippen LogP contribution < -0.4 is 16.7 Å². The molecule has 106 valence electrons. The van der Waals surface area contributed by atoms with Gasteiger partial charge >= 0.3 is 11.7 Å². The lowest BCUT2D eigenvalue weighted by Crippen LogP contribution is -2.42. The molecule has 4 N–H and O–H groups in total. The molecule has 0 spiro atoms. The van der Waals surface area contributed by atoms with Crippen LogP contribution in [-0.4, -0.2) is 21.6 Å². The normalized spacial score (nSPS) is 16.4. The van der Waals surface area contributed by atoms with E-state index in [-0.39, 0.29) is 12.1 Å². The number of nitrogen functional groups attached to an aromatic ring is 1. The number of imidazole rings is 1. The number of nitrogens with two attached hydrogens (primary N) is 1. The van der Waals surface area contributed by atoms with Gasteiger partial charge in [0.2, 0.25) is 0 Å². The minimum atomic E-state index is -0.432. The number of nitrogens with one attached hydrogen (secondary N) is 2. The van der Waals surface area contributed by atoms with Gasteiger partial charge in [0, 0.05) is 11.7 Å². The highest BCUT2D eigenvalue weighted by molar-refractivity contribution is 5.90. The van der Waals surface area contributed by atoms with Crippen LogP contribution in [0.1, 0.15) is 32.1 Å². The van der Waals surface area contributed by atoms with Crippen molar-refractivity contribution in [1.82, 2.24) is 14.9 Å². The zero-order valence-electron chi connectivity index (χ0n) is 11.2. The van der Waals surface area contributed by atoms with Gasteiger partial charge in [0.25, 0.3) is 0 Å². The standard InChI is InChI=1S/C14H18N4O2/c15-9-6-7-12-11(8-9)17-14(20)18(12)13(19)16-10-4-2-1-3-5-10/h6-8,10H,1-5,15H2,(H,16,19)(H,17,20). The fraction of sp³-hybridized carbons (Fsp3) is 0.429. The number of hydrogen-bond donors (Lipinski definition) is 3. The molecule has 1 saturated carbocycles. The average molecular weight is 274 g/mol. The number of aromatic amines is 1. The van der Waals surface area contributed by atoms with Crippen LogP contribution in [0.2, 0.25) is 0 Å². The zero-order chi connectivity index (χ0) is 14.1. The van der Waals surface area contributed by atoms with E-state index >= 15 is 0 Å². The smallest absolute Gasteiger partial charge is 0.334 e. The number of H-pyrrole nitrogens is 1. The number of anilines is 1. The molecular formula is C14H18N4O2. The van der Waals surface area contributed by atoms with E-state index < -0.39 is 5.69 Å². The van der Waals surface area contributed by atoms with Crippen molar-refractivity contribution in [3.63, 3.8) is 0 Å². The fourth-order valence-corrected chi connectivity index (χ4v) is 2.82. The van der Waals surface area contributed by atoms with Gasteiger partial charge in [0.15, 0.2) is 0 Å². The monoisotopic (exact) mass is 274 g/mol. The molecule has 0 unspecified atom stereocenters. The summed E-state index contributed by atoms with van der Waals surface area (Å²) in [5.74, 6) is 0. The number of amides is 1. The lowest BCUT2D eigenvalue weighted by molar-refractivity contribution is 0.234. The molecule has 3 rings (SSSR count). The van der Waals surface area contributed by atoms with Crippen molar-refractivity contribution in [2.45, 2.75) is 38.1 Å². The predicted molar refractivity (Wildman–Crippen MR) is 77.8 cm³/mol. The lowest BCUT2D eigenvalue weighted by atomic mass is 9.96. The number of carbonyl (C=O) groups excluding carboxylic acids is 1. The molecule has 0 radical (unpaired) electrons. The van der Waals surface area contributed by atoms with E-state index in [2.05, 4.69) is 10.3 Å². The summed E-state index contributed by atoms with van der Waals surface area (Å²) in [7, 11) is 0. The first-order valence-corrected chi connectivity index (χ1v) is 6.96. The summed E-state index contributed by atoms with van der Waals surface area (Å²) in [6.07, 6.45) is 5.44. The van der Waals surface area contributed by atoms with E-state index in [0.29, 0.717) is 16.7 Å². The van der Waals surface area contributed by atoms with Gasteiger partial charge in [-0.25, -0.2) is 14.2 Å². The molecule has 0 atom stereocenters. The van der Waals surface area contributed by atoms with Gasteiger partial charge in [-0.1, -0.05) is 19.3 Å². The molecule has 1 fully saturated rings. The van der Waals surface area contributed by atoms with Crippen LogP contribution in [0.15, 0.2) is 23.0 Å². The molecule has 6 heteroatoms. The number of fused-ring (bicyclic) bond motifs is 1. The first-order chi connectivity index (χ1) is 9.65. The Bertz CT molecular complexity index is 695. The third kappa shape index (κ3) is 2.29. The summed E-state index contributed by atoms with van der Waals surface area (Å²) in [5.41, 5.74) is 6.93. The highest BCUT2D eigenvalue weighted by atomic mass is 16.2. The Morgan fingerprint density at radius 2 is 2.05 bits per heavy atom. The van der Waals surface area contributed by atoms with E-state index in [0.717, 1.165) is 30.3 Å². The van der Waals surface area contributed by atoms with Crippen LogP contribution in [0.25, 0.3) is 11.0 Å². The third-order valence-electron chi connectivity index (χ3n) is 3.84. The Hall–Kier alpha value is -2.24. The molecule has 1 aromatic heterocycles. The van der Waals surface area contributed by atoms with Gasteiger partial charge in [-0.3, -0.25) is 0 Å². The summed E-state index contributed by atoms with van der Waals surface area (Å²) < 4.78 is 1.14. The molecular weight excluding hydrogens is 256 g/mol. The molecule has 6 nitrogen and oxygen atoms in total. The molecule has 2 aromatic rings. The van der Waals surface area contributed by atoms with Gasteiger partial charge in [-0.15, -0.1) is 0 Å². The second kappa shape index (κ2) is 5.03. The average Bonchev–Trinajstić information content (AvgIpc) is 2.74. The highest BCUT2D eigenvalue weighted by Gasteiger charge is 2.19. The molecule has 1 aromatic carbocycles. The Kier molecular flexibility index (Phi) is 3.22. The van der Waals surface area contributed by atoms with Gasteiger partial charge < -0.3 is 16.0 Å². The summed E-state index contributed by atoms with van der Waals surface area (Å²) >= 11 is 0. The molecule has 0 bridgehead atoms. The van der Waals surface area contributed by atoms with Crippen LogP contribution in [0.5, 0.6) is 0 Å². The fourth-order valence-electron chi connectivity index (χ4n) is 2.82. The van der Waals surface area contributed by atoms with Crippen LogP contribution in [0.4, 0.5) is 10.5 Å². The van der Waals surface area contributed by atoms with Crippen molar-refractivity contribution < 1.29 is 4.79 Å². The molecule has 1 heterocycles. The van der Waals surface area contributed by atoms with Crippen molar-refractivity contribution in [1.29, 1.82) is 0 Å². The van der Waals surface area contributed by atoms with Crippen molar-refractivity contribution in [2.24, 2.45) is 0 Å².